The molecule has 0 bridgehead atoms. The van der Waals surface area contributed by atoms with Crippen molar-refractivity contribution in [3.8, 4) is 44.5 Å². The van der Waals surface area contributed by atoms with E-state index in [1.165, 1.54) is 90.5 Å². The van der Waals surface area contributed by atoms with Gasteiger partial charge in [0.25, 0.3) is 0 Å². The topological polar surface area (TPSA) is 3.24 Å². The van der Waals surface area contributed by atoms with Crippen LogP contribution in [-0.2, 0) is 0 Å². The van der Waals surface area contributed by atoms with Crippen molar-refractivity contribution < 1.29 is 0 Å². The zero-order valence-electron chi connectivity index (χ0n) is 31.0. The maximum absolute atomic E-state index is 2.43. The Balaban J connectivity index is 1.02. The van der Waals surface area contributed by atoms with Gasteiger partial charge in [0.2, 0.25) is 0 Å². The van der Waals surface area contributed by atoms with Gasteiger partial charge in [-0.05, 0) is 111 Å². The molecular formula is C54H35NS2. The molecule has 0 atom stereocenters. The van der Waals surface area contributed by atoms with Crippen molar-refractivity contribution in [2.75, 3.05) is 4.90 Å². The Morgan fingerprint density at radius 1 is 0.263 bits per heavy atom. The molecule has 0 saturated carbocycles. The molecule has 0 spiro atoms. The van der Waals surface area contributed by atoms with Crippen LogP contribution < -0.4 is 4.90 Å². The minimum Gasteiger partial charge on any atom is -0.309 e. The molecule has 2 heterocycles. The predicted octanol–water partition coefficient (Wildman–Crippen LogP) is 16.6. The van der Waals surface area contributed by atoms with Crippen molar-refractivity contribution in [3.63, 3.8) is 0 Å². The second-order valence-corrected chi connectivity index (χ2v) is 16.7. The number of fused-ring (bicyclic) bond motifs is 6. The Morgan fingerprint density at radius 2 is 0.702 bits per heavy atom. The lowest BCUT2D eigenvalue weighted by molar-refractivity contribution is 1.30. The average Bonchev–Trinajstić information content (AvgIpc) is 3.86. The molecule has 0 amide bonds. The monoisotopic (exact) mass is 761 g/mol. The van der Waals surface area contributed by atoms with Crippen LogP contribution in [0.1, 0.15) is 0 Å². The number of anilines is 3. The van der Waals surface area contributed by atoms with Crippen LogP contribution in [0.4, 0.5) is 17.1 Å². The van der Waals surface area contributed by atoms with E-state index >= 15 is 0 Å². The Bertz CT molecular complexity index is 3150. The highest BCUT2D eigenvalue weighted by Gasteiger charge is 2.19. The van der Waals surface area contributed by atoms with Crippen LogP contribution in [0, 0.1) is 0 Å². The maximum Gasteiger partial charge on any atom is 0.0640 e. The van der Waals surface area contributed by atoms with Gasteiger partial charge >= 0.3 is 0 Å². The molecule has 0 saturated heterocycles. The summed E-state index contributed by atoms with van der Waals surface area (Å²) in [6, 6.07) is 77.6. The molecule has 0 N–H and O–H groups in total. The third kappa shape index (κ3) is 6.09. The zero-order valence-corrected chi connectivity index (χ0v) is 32.6. The molecular weight excluding hydrogens is 727 g/mol. The number of thiophene rings is 2. The van der Waals surface area contributed by atoms with Crippen molar-refractivity contribution in [2.45, 2.75) is 0 Å². The summed E-state index contributed by atoms with van der Waals surface area (Å²) in [5, 5.41) is 5.24. The van der Waals surface area contributed by atoms with Gasteiger partial charge in [0.1, 0.15) is 0 Å². The van der Waals surface area contributed by atoms with Gasteiger partial charge in [0, 0.05) is 47.0 Å². The summed E-state index contributed by atoms with van der Waals surface area (Å²) in [7, 11) is 0. The van der Waals surface area contributed by atoms with Gasteiger partial charge in [0.05, 0.1) is 10.4 Å². The third-order valence-electron chi connectivity index (χ3n) is 11.1. The molecule has 0 radical (unpaired) electrons. The van der Waals surface area contributed by atoms with E-state index in [4.69, 9.17) is 0 Å². The molecule has 2 aromatic heterocycles. The van der Waals surface area contributed by atoms with Crippen LogP contribution in [-0.4, -0.2) is 0 Å². The zero-order chi connectivity index (χ0) is 37.7. The molecule has 0 fully saturated rings. The van der Waals surface area contributed by atoms with E-state index in [9.17, 15) is 0 Å². The summed E-state index contributed by atoms with van der Waals surface area (Å²) in [5.41, 5.74) is 13.1. The summed E-state index contributed by atoms with van der Waals surface area (Å²) >= 11 is 3.73. The minimum atomic E-state index is 1.12. The maximum atomic E-state index is 2.43. The van der Waals surface area contributed by atoms with Gasteiger partial charge in [0.15, 0.2) is 0 Å². The SMILES string of the molecule is c1ccc(-c2cc(-c3ccccc3)cc(-c3ccc(N(c4ccc(-c5ccc6c(c5)sc5ccccc56)cc4)c4cccc5c4sc4ccccc45)cc3)c2)cc1. The Hall–Kier alpha value is -6.78. The van der Waals surface area contributed by atoms with E-state index in [2.05, 4.69) is 217 Å². The Labute approximate surface area is 340 Å². The lowest BCUT2D eigenvalue weighted by atomic mass is 9.93. The predicted molar refractivity (Wildman–Crippen MR) is 249 cm³/mol. The van der Waals surface area contributed by atoms with E-state index in [0.29, 0.717) is 0 Å². The second-order valence-electron chi connectivity index (χ2n) is 14.5. The van der Waals surface area contributed by atoms with Crippen LogP contribution in [0.15, 0.2) is 212 Å². The van der Waals surface area contributed by atoms with E-state index in [0.717, 1.165) is 11.4 Å². The van der Waals surface area contributed by atoms with Gasteiger partial charge in [-0.3, -0.25) is 0 Å². The second kappa shape index (κ2) is 14.1. The Morgan fingerprint density at radius 3 is 1.30 bits per heavy atom. The van der Waals surface area contributed by atoms with Gasteiger partial charge in [-0.25, -0.2) is 0 Å². The van der Waals surface area contributed by atoms with Crippen molar-refractivity contribution in [3.05, 3.63) is 212 Å². The molecule has 0 unspecified atom stereocenters. The van der Waals surface area contributed by atoms with Gasteiger partial charge in [-0.1, -0.05) is 146 Å². The highest BCUT2D eigenvalue weighted by atomic mass is 32.1. The first-order valence-corrected chi connectivity index (χ1v) is 21.0. The summed E-state index contributed by atoms with van der Waals surface area (Å²) in [6.07, 6.45) is 0. The fourth-order valence-electron chi connectivity index (χ4n) is 8.24. The van der Waals surface area contributed by atoms with E-state index in [1.54, 1.807) is 0 Å². The van der Waals surface area contributed by atoms with Crippen LogP contribution in [0.3, 0.4) is 0 Å². The molecule has 3 heteroatoms. The first-order chi connectivity index (χ1) is 28.2. The van der Waals surface area contributed by atoms with Crippen LogP contribution in [0.5, 0.6) is 0 Å². The molecule has 11 rings (SSSR count). The number of hydrogen-bond donors (Lipinski definition) is 0. The van der Waals surface area contributed by atoms with E-state index in [-0.39, 0.29) is 0 Å². The first-order valence-electron chi connectivity index (χ1n) is 19.3. The molecule has 57 heavy (non-hydrogen) atoms. The fraction of sp³-hybridized carbons (Fsp3) is 0. The number of benzene rings is 9. The van der Waals surface area contributed by atoms with Gasteiger partial charge in [-0.15, -0.1) is 22.7 Å². The van der Waals surface area contributed by atoms with E-state index in [1.807, 2.05) is 22.7 Å². The molecule has 0 aliphatic heterocycles. The number of rotatable bonds is 7. The van der Waals surface area contributed by atoms with Crippen molar-refractivity contribution in [1.29, 1.82) is 0 Å². The molecule has 0 aliphatic rings. The summed E-state index contributed by atoms with van der Waals surface area (Å²) in [5.74, 6) is 0. The first kappa shape index (κ1) is 33.5. The third-order valence-corrected chi connectivity index (χ3v) is 13.4. The van der Waals surface area contributed by atoms with Gasteiger partial charge in [-0.2, -0.15) is 0 Å². The van der Waals surface area contributed by atoms with Crippen LogP contribution in [0.25, 0.3) is 84.9 Å². The quantitative estimate of drug-likeness (QED) is 0.156. The van der Waals surface area contributed by atoms with Crippen molar-refractivity contribution >= 4 is 80.1 Å². The van der Waals surface area contributed by atoms with Crippen molar-refractivity contribution in [2.24, 2.45) is 0 Å². The van der Waals surface area contributed by atoms with Crippen LogP contribution in [0.2, 0.25) is 0 Å². The highest BCUT2D eigenvalue weighted by molar-refractivity contribution is 7.26. The van der Waals surface area contributed by atoms with E-state index < -0.39 is 0 Å². The molecule has 268 valence electrons. The largest absolute Gasteiger partial charge is 0.309 e. The number of nitrogens with zero attached hydrogens (tertiary/aromatic N) is 1. The summed E-state index contributed by atoms with van der Waals surface area (Å²) < 4.78 is 5.23. The lowest BCUT2D eigenvalue weighted by Gasteiger charge is -2.26. The molecule has 9 aromatic carbocycles. The minimum absolute atomic E-state index is 1.12. The molecule has 11 aromatic rings. The van der Waals surface area contributed by atoms with Crippen molar-refractivity contribution in [1.82, 2.24) is 0 Å². The summed E-state index contributed by atoms with van der Waals surface area (Å²) in [4.78, 5) is 2.43. The Kier molecular flexibility index (Phi) is 8.28. The molecule has 0 aliphatic carbocycles. The normalized spacial score (nSPS) is 11.5. The van der Waals surface area contributed by atoms with Crippen LogP contribution >= 0.6 is 22.7 Å². The average molecular weight is 762 g/mol. The highest BCUT2D eigenvalue weighted by Crippen LogP contribution is 2.46. The molecule has 1 nitrogen and oxygen atoms in total. The standard InChI is InChI=1S/C54H35NS2/c1-3-12-36(13-4-1)41-32-42(37-14-5-2-6-15-37)34-43(33-41)39-24-29-45(30-25-39)55(50-19-11-18-49-47-17-8-10-21-52(47)57-54(49)50)44-27-22-38(23-28-44)40-26-31-48-46-16-7-9-20-51(46)56-53(48)35-40/h1-35H. The fourth-order valence-corrected chi connectivity index (χ4v) is 10.6. The summed E-state index contributed by atoms with van der Waals surface area (Å²) in [6.45, 7) is 0. The lowest BCUT2D eigenvalue weighted by Crippen LogP contribution is -2.10. The van der Waals surface area contributed by atoms with Gasteiger partial charge < -0.3 is 4.90 Å². The smallest absolute Gasteiger partial charge is 0.0640 e. The number of hydrogen-bond acceptors (Lipinski definition) is 3.